The normalized spacial score (nSPS) is 11.4. The van der Waals surface area contributed by atoms with Crippen molar-refractivity contribution >= 4 is 5.91 Å². The lowest BCUT2D eigenvalue weighted by Crippen LogP contribution is -2.23. The molecule has 1 amide bonds. The first kappa shape index (κ1) is 18.7. The maximum atomic E-state index is 12.7. The topological polar surface area (TPSA) is 55.1 Å². The fourth-order valence-electron chi connectivity index (χ4n) is 2.64. The van der Waals surface area contributed by atoms with E-state index in [9.17, 15) is 18.0 Å². The van der Waals surface area contributed by atoms with Crippen LogP contribution in [0.2, 0.25) is 0 Å². The lowest BCUT2D eigenvalue weighted by molar-refractivity contribution is -0.137. The fraction of sp³-hybridized carbons (Fsp3) is 0.200. The van der Waals surface area contributed by atoms with Crippen molar-refractivity contribution in [1.29, 1.82) is 0 Å². The van der Waals surface area contributed by atoms with Crippen LogP contribution in [-0.2, 0) is 12.7 Å². The molecule has 0 fully saturated rings. The van der Waals surface area contributed by atoms with E-state index in [0.717, 1.165) is 17.8 Å². The predicted octanol–water partition coefficient (Wildman–Crippen LogP) is 4.91. The van der Waals surface area contributed by atoms with Gasteiger partial charge in [-0.3, -0.25) is 4.79 Å². The molecule has 0 saturated heterocycles. The van der Waals surface area contributed by atoms with Crippen LogP contribution in [0.15, 0.2) is 52.9 Å². The van der Waals surface area contributed by atoms with Crippen molar-refractivity contribution in [3.05, 3.63) is 77.0 Å². The molecule has 0 aliphatic rings. The summed E-state index contributed by atoms with van der Waals surface area (Å²) in [5, 5.41) is 2.73. The molecule has 1 aromatic heterocycles. The molecule has 3 rings (SSSR count). The average Bonchev–Trinajstić information content (AvgIpc) is 2.97. The highest BCUT2D eigenvalue weighted by molar-refractivity contribution is 6.00. The summed E-state index contributed by atoms with van der Waals surface area (Å²) in [4.78, 5) is 16.8. The molecule has 0 aliphatic heterocycles. The molecule has 4 nitrogen and oxygen atoms in total. The standard InChI is InChI=1S/C20H17F3N2O2/c1-12-13(2)27-18(25-12)11-24-19(26)17-6-4-3-5-16(17)14-7-9-15(10-8-14)20(21,22)23/h3-10H,11H2,1-2H3,(H,24,26). The van der Waals surface area contributed by atoms with Gasteiger partial charge in [0.1, 0.15) is 5.76 Å². The second-order valence-electron chi connectivity index (χ2n) is 6.05. The van der Waals surface area contributed by atoms with Crippen molar-refractivity contribution in [2.45, 2.75) is 26.6 Å². The van der Waals surface area contributed by atoms with Crippen LogP contribution in [0.25, 0.3) is 11.1 Å². The molecule has 0 bridgehead atoms. The number of alkyl halides is 3. The van der Waals surface area contributed by atoms with Crippen molar-refractivity contribution in [3.63, 3.8) is 0 Å². The van der Waals surface area contributed by atoms with Gasteiger partial charge in [0.05, 0.1) is 17.8 Å². The van der Waals surface area contributed by atoms with Gasteiger partial charge in [-0.1, -0.05) is 30.3 Å². The molecular weight excluding hydrogens is 357 g/mol. The Balaban J connectivity index is 1.81. The first-order valence-corrected chi connectivity index (χ1v) is 8.23. The number of nitrogens with one attached hydrogen (secondary N) is 1. The second-order valence-corrected chi connectivity index (χ2v) is 6.05. The maximum absolute atomic E-state index is 12.7. The van der Waals surface area contributed by atoms with Crippen LogP contribution in [0.4, 0.5) is 13.2 Å². The van der Waals surface area contributed by atoms with Crippen molar-refractivity contribution < 1.29 is 22.4 Å². The van der Waals surface area contributed by atoms with E-state index in [1.165, 1.54) is 12.1 Å². The minimum absolute atomic E-state index is 0.120. The van der Waals surface area contributed by atoms with Crippen LogP contribution in [0.3, 0.4) is 0 Å². The molecule has 0 unspecified atom stereocenters. The highest BCUT2D eigenvalue weighted by Gasteiger charge is 2.30. The number of halogens is 3. The van der Waals surface area contributed by atoms with Crippen LogP contribution in [-0.4, -0.2) is 10.9 Å². The Morgan fingerprint density at radius 2 is 1.74 bits per heavy atom. The molecule has 3 aromatic rings. The molecule has 1 N–H and O–H groups in total. The summed E-state index contributed by atoms with van der Waals surface area (Å²) < 4.78 is 43.7. The average molecular weight is 374 g/mol. The zero-order chi connectivity index (χ0) is 19.6. The minimum atomic E-state index is -4.40. The highest BCUT2D eigenvalue weighted by Crippen LogP contribution is 2.31. The highest BCUT2D eigenvalue weighted by atomic mass is 19.4. The Hall–Kier alpha value is -3.09. The molecule has 0 aliphatic carbocycles. The molecule has 0 saturated carbocycles. The molecule has 0 spiro atoms. The van der Waals surface area contributed by atoms with Gasteiger partial charge in [0.15, 0.2) is 0 Å². The Bertz CT molecular complexity index is 941. The van der Waals surface area contributed by atoms with Gasteiger partial charge < -0.3 is 9.73 Å². The van der Waals surface area contributed by atoms with Crippen molar-refractivity contribution in [3.8, 4) is 11.1 Å². The van der Waals surface area contributed by atoms with E-state index in [2.05, 4.69) is 10.3 Å². The molecule has 1 heterocycles. The molecule has 7 heteroatoms. The van der Waals surface area contributed by atoms with Crippen molar-refractivity contribution in [2.75, 3.05) is 0 Å². The Morgan fingerprint density at radius 3 is 2.33 bits per heavy atom. The predicted molar refractivity (Wildman–Crippen MR) is 94.0 cm³/mol. The Kier molecular flexibility index (Phi) is 5.03. The van der Waals surface area contributed by atoms with E-state index in [0.29, 0.717) is 28.3 Å². The number of hydrogen-bond donors (Lipinski definition) is 1. The lowest BCUT2D eigenvalue weighted by Gasteiger charge is -2.11. The molecule has 0 atom stereocenters. The SMILES string of the molecule is Cc1nc(CNC(=O)c2ccccc2-c2ccc(C(F)(F)F)cc2)oc1C. The zero-order valence-electron chi connectivity index (χ0n) is 14.7. The van der Waals surface area contributed by atoms with Crippen LogP contribution in [0.5, 0.6) is 0 Å². The third-order valence-electron chi connectivity index (χ3n) is 4.17. The Labute approximate surface area is 154 Å². The van der Waals surface area contributed by atoms with Crippen LogP contribution in [0, 0.1) is 13.8 Å². The number of hydrogen-bond acceptors (Lipinski definition) is 3. The van der Waals surface area contributed by atoms with Crippen LogP contribution >= 0.6 is 0 Å². The van der Waals surface area contributed by atoms with E-state index >= 15 is 0 Å². The second kappa shape index (κ2) is 7.26. The van der Waals surface area contributed by atoms with Crippen LogP contribution < -0.4 is 5.32 Å². The van der Waals surface area contributed by atoms with Gasteiger partial charge in [0.25, 0.3) is 5.91 Å². The van der Waals surface area contributed by atoms with E-state index in [-0.39, 0.29) is 12.5 Å². The molecule has 0 radical (unpaired) electrons. The summed E-state index contributed by atoms with van der Waals surface area (Å²) in [6.07, 6.45) is -4.40. The summed E-state index contributed by atoms with van der Waals surface area (Å²) in [7, 11) is 0. The lowest BCUT2D eigenvalue weighted by atomic mass is 9.98. The molecule has 140 valence electrons. The number of benzene rings is 2. The third-order valence-corrected chi connectivity index (χ3v) is 4.17. The summed E-state index contributed by atoms with van der Waals surface area (Å²) in [5.74, 6) is 0.716. The summed E-state index contributed by atoms with van der Waals surface area (Å²) in [5.41, 5.74) is 1.45. The minimum Gasteiger partial charge on any atom is -0.444 e. The van der Waals surface area contributed by atoms with Gasteiger partial charge in [0.2, 0.25) is 5.89 Å². The molecular formula is C20H17F3N2O2. The summed E-state index contributed by atoms with van der Waals surface area (Å²) in [6, 6.07) is 11.5. The van der Waals surface area contributed by atoms with Gasteiger partial charge in [0, 0.05) is 5.56 Å². The number of carbonyl (C=O) groups excluding carboxylic acids is 1. The van der Waals surface area contributed by atoms with E-state index in [1.807, 2.05) is 6.92 Å². The fourth-order valence-corrected chi connectivity index (χ4v) is 2.64. The molecule has 2 aromatic carbocycles. The smallest absolute Gasteiger partial charge is 0.416 e. The van der Waals surface area contributed by atoms with Gasteiger partial charge in [-0.05, 0) is 43.2 Å². The third kappa shape index (κ3) is 4.19. The zero-order valence-corrected chi connectivity index (χ0v) is 14.7. The van der Waals surface area contributed by atoms with E-state index in [1.54, 1.807) is 31.2 Å². The van der Waals surface area contributed by atoms with Gasteiger partial charge in [-0.2, -0.15) is 13.2 Å². The van der Waals surface area contributed by atoms with E-state index in [4.69, 9.17) is 4.42 Å². The first-order chi connectivity index (χ1) is 12.8. The monoisotopic (exact) mass is 374 g/mol. The Morgan fingerprint density at radius 1 is 1.07 bits per heavy atom. The number of oxazole rings is 1. The van der Waals surface area contributed by atoms with E-state index < -0.39 is 11.7 Å². The van der Waals surface area contributed by atoms with Crippen molar-refractivity contribution in [2.24, 2.45) is 0 Å². The largest absolute Gasteiger partial charge is 0.444 e. The number of carbonyl (C=O) groups is 1. The molecule has 27 heavy (non-hydrogen) atoms. The number of aryl methyl sites for hydroxylation is 2. The summed E-state index contributed by atoms with van der Waals surface area (Å²) >= 11 is 0. The quantitative estimate of drug-likeness (QED) is 0.706. The number of rotatable bonds is 4. The van der Waals surface area contributed by atoms with Gasteiger partial charge >= 0.3 is 6.18 Å². The first-order valence-electron chi connectivity index (χ1n) is 8.23. The number of aromatic nitrogens is 1. The maximum Gasteiger partial charge on any atom is 0.416 e. The van der Waals surface area contributed by atoms with Gasteiger partial charge in [-0.15, -0.1) is 0 Å². The number of amides is 1. The van der Waals surface area contributed by atoms with Gasteiger partial charge in [-0.25, -0.2) is 4.98 Å². The van der Waals surface area contributed by atoms with Crippen molar-refractivity contribution in [1.82, 2.24) is 10.3 Å². The summed E-state index contributed by atoms with van der Waals surface area (Å²) in [6.45, 7) is 3.71. The number of nitrogens with zero attached hydrogens (tertiary/aromatic N) is 1. The van der Waals surface area contributed by atoms with Crippen LogP contribution in [0.1, 0.15) is 33.3 Å².